The molecule has 3 heterocycles. The van der Waals surface area contributed by atoms with Crippen LogP contribution in [0.1, 0.15) is 0 Å². The lowest BCUT2D eigenvalue weighted by Gasteiger charge is -2.14. The van der Waals surface area contributed by atoms with Gasteiger partial charge in [0.2, 0.25) is 6.71 Å². The van der Waals surface area contributed by atoms with Crippen molar-refractivity contribution in [2.24, 2.45) is 0 Å². The summed E-state index contributed by atoms with van der Waals surface area (Å²) < 4.78 is 4.90. The summed E-state index contributed by atoms with van der Waals surface area (Å²) in [5, 5.41) is 5.06. The monoisotopic (exact) mass is 646 g/mol. The molecule has 51 heavy (non-hydrogen) atoms. The maximum Gasteiger partial charge on any atom is 0.242 e. The van der Waals surface area contributed by atoms with Gasteiger partial charge >= 0.3 is 0 Å². The van der Waals surface area contributed by atoms with Gasteiger partial charge in [-0.15, -0.1) is 0 Å². The summed E-state index contributed by atoms with van der Waals surface area (Å²) in [6.07, 6.45) is 0. The molecule has 2 nitrogen and oxygen atoms in total. The van der Waals surface area contributed by atoms with Crippen LogP contribution in [0.5, 0.6) is 0 Å². The minimum atomic E-state index is 0.219. The molecule has 1 aliphatic heterocycles. The zero-order valence-electron chi connectivity index (χ0n) is 27.9. The number of para-hydroxylation sites is 3. The maximum atomic E-state index is 2.45. The molecule has 0 amide bonds. The summed E-state index contributed by atoms with van der Waals surface area (Å²) in [5.41, 5.74) is 16.4. The highest BCUT2D eigenvalue weighted by Gasteiger charge is 2.32. The summed E-state index contributed by atoms with van der Waals surface area (Å²) >= 11 is 0. The summed E-state index contributed by atoms with van der Waals surface area (Å²) in [7, 11) is 0. The van der Waals surface area contributed by atoms with E-state index in [0.717, 1.165) is 5.69 Å². The third-order valence-corrected chi connectivity index (χ3v) is 11.0. The van der Waals surface area contributed by atoms with Crippen LogP contribution < -0.4 is 16.4 Å². The molecule has 0 atom stereocenters. The van der Waals surface area contributed by atoms with Gasteiger partial charge in [0.15, 0.2) is 0 Å². The van der Waals surface area contributed by atoms with Crippen molar-refractivity contribution in [2.75, 3.05) is 0 Å². The van der Waals surface area contributed by atoms with E-state index in [0.29, 0.717) is 0 Å². The first-order chi connectivity index (χ1) is 25.3. The Bertz CT molecular complexity index is 2940. The lowest BCUT2D eigenvalue weighted by molar-refractivity contribution is 1.17. The summed E-state index contributed by atoms with van der Waals surface area (Å²) in [4.78, 5) is 0. The van der Waals surface area contributed by atoms with Crippen LogP contribution in [0.15, 0.2) is 188 Å². The topological polar surface area (TPSA) is 9.86 Å². The van der Waals surface area contributed by atoms with E-state index in [4.69, 9.17) is 0 Å². The van der Waals surface area contributed by atoms with Gasteiger partial charge in [0, 0.05) is 32.9 Å². The largest absolute Gasteiger partial charge is 0.309 e. The van der Waals surface area contributed by atoms with Crippen LogP contribution in [0.3, 0.4) is 0 Å². The van der Waals surface area contributed by atoms with E-state index < -0.39 is 0 Å². The fraction of sp³-hybridized carbons (Fsp3) is 0. The molecule has 0 aliphatic carbocycles. The molecule has 0 radical (unpaired) electrons. The van der Waals surface area contributed by atoms with Crippen LogP contribution in [0, 0.1) is 0 Å². The SMILES string of the molecule is c1ccc(-n2c3ccccc3c3ccc4c(c5ccccc5n4-c4cccc(-c5cccc(B6c7ccccc7-c7ccccc76)c5)c4)c32)cc1. The Hall–Kier alpha value is -6.58. The highest BCUT2D eigenvalue weighted by atomic mass is 15.0. The van der Waals surface area contributed by atoms with Gasteiger partial charge in [-0.1, -0.05) is 162 Å². The molecule has 0 saturated heterocycles. The van der Waals surface area contributed by atoms with E-state index in [2.05, 4.69) is 197 Å². The van der Waals surface area contributed by atoms with Crippen molar-refractivity contribution in [3.05, 3.63) is 188 Å². The summed E-state index contributed by atoms with van der Waals surface area (Å²) in [5.74, 6) is 0. The zero-order chi connectivity index (χ0) is 33.5. The molecule has 0 spiro atoms. The smallest absolute Gasteiger partial charge is 0.242 e. The van der Waals surface area contributed by atoms with E-state index >= 15 is 0 Å². The van der Waals surface area contributed by atoms with Crippen molar-refractivity contribution in [2.45, 2.75) is 0 Å². The average Bonchev–Trinajstić information content (AvgIpc) is 3.84. The molecule has 1 aliphatic rings. The van der Waals surface area contributed by atoms with Crippen molar-refractivity contribution in [3.63, 3.8) is 0 Å². The molecule has 11 rings (SSSR count). The number of hydrogen-bond donors (Lipinski definition) is 0. The van der Waals surface area contributed by atoms with Crippen LogP contribution in [0.25, 0.3) is 77.2 Å². The number of hydrogen-bond acceptors (Lipinski definition) is 0. The number of aromatic nitrogens is 2. The summed E-state index contributed by atoms with van der Waals surface area (Å²) in [6, 6.07) is 69.1. The molecular weight excluding hydrogens is 615 g/mol. The quantitative estimate of drug-likeness (QED) is 0.169. The van der Waals surface area contributed by atoms with Gasteiger partial charge in [0.25, 0.3) is 0 Å². The van der Waals surface area contributed by atoms with Gasteiger partial charge in [-0.25, -0.2) is 0 Å². The lowest BCUT2D eigenvalue weighted by atomic mass is 9.39. The second kappa shape index (κ2) is 11.0. The van der Waals surface area contributed by atoms with Crippen molar-refractivity contribution in [1.29, 1.82) is 0 Å². The molecule has 236 valence electrons. The van der Waals surface area contributed by atoms with Crippen LogP contribution in [0.2, 0.25) is 0 Å². The first kappa shape index (κ1) is 28.3. The third kappa shape index (κ3) is 4.12. The molecule has 0 N–H and O–H groups in total. The van der Waals surface area contributed by atoms with Gasteiger partial charge in [-0.3, -0.25) is 0 Å². The zero-order valence-corrected chi connectivity index (χ0v) is 27.9. The van der Waals surface area contributed by atoms with Crippen molar-refractivity contribution >= 4 is 66.7 Å². The Kier molecular flexibility index (Phi) is 6.08. The molecule has 3 heteroatoms. The predicted molar refractivity (Wildman–Crippen MR) is 217 cm³/mol. The van der Waals surface area contributed by atoms with E-state index in [1.165, 1.54) is 87.9 Å². The molecule has 10 aromatic rings. The van der Waals surface area contributed by atoms with Gasteiger partial charge in [-0.2, -0.15) is 0 Å². The minimum absolute atomic E-state index is 0.219. The van der Waals surface area contributed by atoms with E-state index in [1.54, 1.807) is 0 Å². The normalized spacial score (nSPS) is 12.3. The predicted octanol–water partition coefficient (Wildman–Crippen LogP) is 10.0. The minimum Gasteiger partial charge on any atom is -0.309 e. The van der Waals surface area contributed by atoms with Crippen LogP contribution in [-0.2, 0) is 0 Å². The van der Waals surface area contributed by atoms with Gasteiger partial charge in [-0.05, 0) is 64.7 Å². The number of benzene rings is 8. The van der Waals surface area contributed by atoms with Crippen LogP contribution >= 0.6 is 0 Å². The van der Waals surface area contributed by atoms with E-state index in [-0.39, 0.29) is 6.71 Å². The molecule has 2 aromatic heterocycles. The van der Waals surface area contributed by atoms with Crippen LogP contribution in [0.4, 0.5) is 0 Å². The number of fused-ring (bicyclic) bond motifs is 10. The number of rotatable bonds is 4. The molecule has 8 aromatic carbocycles. The molecule has 0 bridgehead atoms. The van der Waals surface area contributed by atoms with Crippen molar-refractivity contribution in [3.8, 4) is 33.6 Å². The molecule has 0 saturated carbocycles. The fourth-order valence-corrected chi connectivity index (χ4v) is 8.87. The lowest BCUT2D eigenvalue weighted by Crippen LogP contribution is -2.48. The second-order valence-electron chi connectivity index (χ2n) is 13.7. The number of nitrogens with zero attached hydrogens (tertiary/aromatic N) is 2. The van der Waals surface area contributed by atoms with E-state index in [9.17, 15) is 0 Å². The molecule has 0 unspecified atom stereocenters. The highest BCUT2D eigenvalue weighted by Crippen LogP contribution is 2.42. The first-order valence-electron chi connectivity index (χ1n) is 17.7. The van der Waals surface area contributed by atoms with Crippen molar-refractivity contribution < 1.29 is 0 Å². The average molecular weight is 647 g/mol. The molecular formula is C48H31BN2. The van der Waals surface area contributed by atoms with Gasteiger partial charge in [0.1, 0.15) is 0 Å². The van der Waals surface area contributed by atoms with Crippen molar-refractivity contribution in [1.82, 2.24) is 9.13 Å². The van der Waals surface area contributed by atoms with E-state index in [1.807, 2.05) is 0 Å². The standard InChI is InChI=1S/C48H31BN2/c1-2-17-35(18-3-1)51-44-26-10-6-22-39(44)40-28-29-46-47(48(40)51)41-23-7-11-27-45(41)50(46)36-19-13-15-33(31-36)32-14-12-16-34(30-32)49-42-24-8-4-20-37(42)38-21-5-9-25-43(38)49/h1-31H. The Morgan fingerprint density at radius 2 is 0.941 bits per heavy atom. The van der Waals surface area contributed by atoms with Gasteiger partial charge < -0.3 is 9.13 Å². The molecule has 0 fully saturated rings. The summed E-state index contributed by atoms with van der Waals surface area (Å²) in [6.45, 7) is 0.219. The van der Waals surface area contributed by atoms with Gasteiger partial charge in [0.05, 0.1) is 22.1 Å². The highest BCUT2D eigenvalue weighted by molar-refractivity contribution is 6.99. The Morgan fingerprint density at radius 3 is 1.71 bits per heavy atom. The van der Waals surface area contributed by atoms with Crippen LogP contribution in [-0.4, -0.2) is 15.8 Å². The Morgan fingerprint density at radius 1 is 0.353 bits per heavy atom. The maximum absolute atomic E-state index is 2.45. The Balaban J connectivity index is 1.12. The fourth-order valence-electron chi connectivity index (χ4n) is 8.87. The Labute approximate surface area is 296 Å². The first-order valence-corrected chi connectivity index (χ1v) is 17.7. The second-order valence-corrected chi connectivity index (χ2v) is 13.7. The third-order valence-electron chi connectivity index (χ3n) is 11.0.